The molecule has 0 bridgehead atoms. The number of rotatable bonds is 6. The molecule has 0 saturated heterocycles. The van der Waals surface area contributed by atoms with Crippen LogP contribution in [0.4, 0.5) is 0 Å². The minimum Gasteiger partial charge on any atom is -0.493 e. The van der Waals surface area contributed by atoms with Crippen molar-refractivity contribution in [3.63, 3.8) is 0 Å². The summed E-state index contributed by atoms with van der Waals surface area (Å²) >= 11 is 3.57. The van der Waals surface area contributed by atoms with E-state index in [4.69, 9.17) is 9.84 Å². The van der Waals surface area contributed by atoms with Gasteiger partial charge in [-0.25, -0.2) is 0 Å². The van der Waals surface area contributed by atoms with Crippen molar-refractivity contribution in [1.29, 1.82) is 0 Å². The molecule has 0 aliphatic carbocycles. The molecule has 1 N–H and O–H groups in total. The van der Waals surface area contributed by atoms with Crippen LogP contribution in [0.2, 0.25) is 0 Å². The molecule has 0 fully saturated rings. The summed E-state index contributed by atoms with van der Waals surface area (Å²) < 4.78 is 6.86. The highest BCUT2D eigenvalue weighted by atomic mass is 79.9. The second-order valence-electron chi connectivity index (χ2n) is 4.60. The maximum atomic E-state index is 8.92. The molecule has 1 aromatic carbocycles. The Morgan fingerprint density at radius 1 is 1.44 bits per heavy atom. The van der Waals surface area contributed by atoms with Crippen molar-refractivity contribution in [3.05, 3.63) is 27.7 Å². The van der Waals surface area contributed by atoms with Crippen molar-refractivity contribution >= 4 is 15.9 Å². The van der Waals surface area contributed by atoms with Gasteiger partial charge in [0, 0.05) is 36.2 Å². The van der Waals surface area contributed by atoms with Crippen molar-refractivity contribution in [2.24, 2.45) is 0 Å². The third kappa shape index (κ3) is 3.25. The second-order valence-corrected chi connectivity index (χ2v) is 5.51. The maximum Gasteiger partial charge on any atom is 0.127 e. The van der Waals surface area contributed by atoms with E-state index in [1.54, 1.807) is 0 Å². The molecule has 3 nitrogen and oxygen atoms in total. The molecule has 1 aliphatic heterocycles. The maximum absolute atomic E-state index is 8.92. The van der Waals surface area contributed by atoms with Gasteiger partial charge >= 0.3 is 0 Å². The molecule has 1 heterocycles. The number of hydrogen-bond donors (Lipinski definition) is 1. The zero-order valence-corrected chi connectivity index (χ0v) is 12.4. The molecule has 4 heteroatoms. The summed E-state index contributed by atoms with van der Waals surface area (Å²) in [6.07, 6.45) is 1.83. The van der Waals surface area contributed by atoms with Crippen LogP contribution in [0.3, 0.4) is 0 Å². The number of ether oxygens (including phenoxy) is 1. The molecule has 0 saturated carbocycles. The molecule has 18 heavy (non-hydrogen) atoms. The lowest BCUT2D eigenvalue weighted by molar-refractivity contribution is 0.223. The number of nitrogens with zero attached hydrogens (tertiary/aromatic N) is 1. The predicted molar refractivity (Wildman–Crippen MR) is 76.0 cm³/mol. The van der Waals surface area contributed by atoms with E-state index >= 15 is 0 Å². The first-order chi connectivity index (χ1) is 8.74. The zero-order valence-electron chi connectivity index (χ0n) is 10.8. The van der Waals surface area contributed by atoms with Crippen molar-refractivity contribution in [2.45, 2.75) is 26.3 Å². The average molecular weight is 314 g/mol. The molecule has 0 amide bonds. The fraction of sp³-hybridized carbons (Fsp3) is 0.571. The first-order valence-corrected chi connectivity index (χ1v) is 7.31. The summed E-state index contributed by atoms with van der Waals surface area (Å²) in [5, 5.41) is 8.92. The smallest absolute Gasteiger partial charge is 0.127 e. The Hall–Kier alpha value is -0.580. The van der Waals surface area contributed by atoms with Crippen LogP contribution in [0.5, 0.6) is 5.75 Å². The number of fused-ring (bicyclic) bond motifs is 1. The number of aliphatic hydroxyl groups is 1. The number of hydrogen-bond acceptors (Lipinski definition) is 3. The van der Waals surface area contributed by atoms with Gasteiger partial charge in [-0.1, -0.05) is 22.9 Å². The topological polar surface area (TPSA) is 32.7 Å². The molecule has 0 atom stereocenters. The lowest BCUT2D eigenvalue weighted by Gasteiger charge is -2.21. The molecule has 1 aliphatic rings. The summed E-state index contributed by atoms with van der Waals surface area (Å²) in [7, 11) is 0. The Morgan fingerprint density at radius 2 is 2.28 bits per heavy atom. The molecule has 0 radical (unpaired) electrons. The molecular formula is C14H20BrNO2. The SMILES string of the molecule is CCN(CCCO)Cc1cc(Br)cc2c1OCC2. The van der Waals surface area contributed by atoms with Gasteiger partial charge in [0.1, 0.15) is 5.75 Å². The fourth-order valence-electron chi connectivity index (χ4n) is 2.35. The minimum absolute atomic E-state index is 0.254. The number of benzene rings is 1. The van der Waals surface area contributed by atoms with E-state index in [0.29, 0.717) is 0 Å². The van der Waals surface area contributed by atoms with Crippen molar-refractivity contribution in [1.82, 2.24) is 4.90 Å². The summed E-state index contributed by atoms with van der Waals surface area (Å²) in [5.74, 6) is 1.07. The van der Waals surface area contributed by atoms with Crippen LogP contribution in [0.25, 0.3) is 0 Å². The van der Waals surface area contributed by atoms with E-state index in [2.05, 4.69) is 39.9 Å². The van der Waals surface area contributed by atoms with Gasteiger partial charge in [-0.2, -0.15) is 0 Å². The van der Waals surface area contributed by atoms with E-state index in [9.17, 15) is 0 Å². The Morgan fingerprint density at radius 3 is 3.00 bits per heavy atom. The number of aliphatic hydroxyl groups excluding tert-OH is 1. The van der Waals surface area contributed by atoms with Gasteiger partial charge in [0.25, 0.3) is 0 Å². The number of halogens is 1. The van der Waals surface area contributed by atoms with E-state index < -0.39 is 0 Å². The standard InChI is InChI=1S/C14H20BrNO2/c1-2-16(5-3-6-17)10-12-9-13(15)8-11-4-7-18-14(11)12/h8-9,17H,2-7,10H2,1H3. The quantitative estimate of drug-likeness (QED) is 0.876. The van der Waals surface area contributed by atoms with E-state index in [-0.39, 0.29) is 6.61 Å². The largest absolute Gasteiger partial charge is 0.493 e. The predicted octanol–water partition coefficient (Wildman–Crippen LogP) is 2.59. The van der Waals surface area contributed by atoms with Gasteiger partial charge in [-0.15, -0.1) is 0 Å². The zero-order chi connectivity index (χ0) is 13.0. The van der Waals surface area contributed by atoms with E-state index in [1.807, 2.05) is 0 Å². The Kier molecular flexibility index (Phi) is 5.03. The van der Waals surface area contributed by atoms with Crippen LogP contribution in [-0.4, -0.2) is 36.3 Å². The van der Waals surface area contributed by atoms with Crippen LogP contribution in [-0.2, 0) is 13.0 Å². The summed E-state index contributed by atoms with van der Waals surface area (Å²) in [5.41, 5.74) is 2.55. The highest BCUT2D eigenvalue weighted by Crippen LogP contribution is 2.33. The van der Waals surface area contributed by atoms with Crippen LogP contribution in [0.1, 0.15) is 24.5 Å². The third-order valence-corrected chi connectivity index (χ3v) is 3.76. The van der Waals surface area contributed by atoms with Gasteiger partial charge in [0.05, 0.1) is 6.61 Å². The van der Waals surface area contributed by atoms with E-state index in [0.717, 1.165) is 49.3 Å². The Labute approximate surface area is 117 Å². The van der Waals surface area contributed by atoms with Crippen LogP contribution < -0.4 is 4.74 Å². The summed E-state index contributed by atoms with van der Waals surface area (Å²) in [6.45, 7) is 6.00. The molecular weight excluding hydrogens is 294 g/mol. The van der Waals surface area contributed by atoms with Crippen LogP contribution in [0.15, 0.2) is 16.6 Å². The van der Waals surface area contributed by atoms with E-state index in [1.165, 1.54) is 11.1 Å². The van der Waals surface area contributed by atoms with Crippen molar-refractivity contribution in [2.75, 3.05) is 26.3 Å². The molecule has 2 rings (SSSR count). The summed E-state index contributed by atoms with van der Waals surface area (Å²) in [6, 6.07) is 4.29. The third-order valence-electron chi connectivity index (χ3n) is 3.30. The van der Waals surface area contributed by atoms with Crippen LogP contribution >= 0.6 is 15.9 Å². The van der Waals surface area contributed by atoms with Gasteiger partial charge in [-0.3, -0.25) is 4.90 Å². The van der Waals surface area contributed by atoms with Gasteiger partial charge < -0.3 is 9.84 Å². The monoisotopic (exact) mass is 313 g/mol. The molecule has 0 spiro atoms. The van der Waals surface area contributed by atoms with Gasteiger partial charge in [0.15, 0.2) is 0 Å². The van der Waals surface area contributed by atoms with Crippen molar-refractivity contribution in [3.8, 4) is 5.75 Å². The van der Waals surface area contributed by atoms with Gasteiger partial charge in [0.2, 0.25) is 0 Å². The molecule has 100 valence electrons. The first-order valence-electron chi connectivity index (χ1n) is 6.52. The minimum atomic E-state index is 0.254. The molecule has 0 unspecified atom stereocenters. The Bertz CT molecular complexity index is 409. The first kappa shape index (κ1) is 13.8. The second kappa shape index (κ2) is 6.55. The molecule has 0 aromatic heterocycles. The van der Waals surface area contributed by atoms with Gasteiger partial charge in [-0.05, 0) is 30.7 Å². The fourth-order valence-corrected chi connectivity index (χ4v) is 2.90. The molecule has 1 aromatic rings. The average Bonchev–Trinajstić information content (AvgIpc) is 2.82. The highest BCUT2D eigenvalue weighted by molar-refractivity contribution is 9.10. The Balaban J connectivity index is 2.12. The normalized spacial score (nSPS) is 13.8. The lowest BCUT2D eigenvalue weighted by atomic mass is 10.1. The van der Waals surface area contributed by atoms with Crippen molar-refractivity contribution < 1.29 is 9.84 Å². The van der Waals surface area contributed by atoms with Crippen LogP contribution in [0, 0.1) is 0 Å². The summed E-state index contributed by atoms with van der Waals surface area (Å²) in [4.78, 5) is 2.33. The lowest BCUT2D eigenvalue weighted by Crippen LogP contribution is -2.24. The highest BCUT2D eigenvalue weighted by Gasteiger charge is 2.18.